The minimum Gasteiger partial charge on any atom is -0.290 e. The molecule has 6 nitrogen and oxygen atoms in total. The van der Waals surface area contributed by atoms with Crippen molar-refractivity contribution in [3.63, 3.8) is 0 Å². The van der Waals surface area contributed by atoms with Gasteiger partial charge in [-0.25, -0.2) is 4.98 Å². The molecule has 0 fully saturated rings. The van der Waals surface area contributed by atoms with E-state index in [0.717, 1.165) is 0 Å². The summed E-state index contributed by atoms with van der Waals surface area (Å²) in [6.07, 6.45) is 1.66. The number of carbonyl (C=O) groups excluding carboxylic acids is 1. The summed E-state index contributed by atoms with van der Waals surface area (Å²) in [4.78, 5) is 29.0. The highest BCUT2D eigenvalue weighted by molar-refractivity contribution is 6.03. The summed E-state index contributed by atoms with van der Waals surface area (Å²) in [6.45, 7) is 1.74. The minimum atomic E-state index is -0.266. The van der Waals surface area contributed by atoms with E-state index in [0.29, 0.717) is 22.9 Å². The molecular formula is C16H13N5O. The molecule has 1 aromatic carbocycles. The Morgan fingerprint density at radius 3 is 2.45 bits per heavy atom. The van der Waals surface area contributed by atoms with Gasteiger partial charge in [-0.1, -0.05) is 24.3 Å². The largest absolute Gasteiger partial charge is 0.290 e. The zero-order valence-corrected chi connectivity index (χ0v) is 11.9. The van der Waals surface area contributed by atoms with Crippen molar-refractivity contribution < 1.29 is 4.79 Å². The molecule has 2 aromatic heterocycles. The van der Waals surface area contributed by atoms with E-state index in [1.807, 2.05) is 18.2 Å². The van der Waals surface area contributed by atoms with Crippen LogP contribution in [0.5, 0.6) is 0 Å². The monoisotopic (exact) mass is 291 g/mol. The molecule has 0 aliphatic carbocycles. The van der Waals surface area contributed by atoms with E-state index in [1.165, 1.54) is 0 Å². The highest BCUT2D eigenvalue weighted by atomic mass is 16.1. The molecule has 0 saturated carbocycles. The molecule has 0 aliphatic heterocycles. The zero-order valence-electron chi connectivity index (χ0n) is 11.9. The summed E-state index contributed by atoms with van der Waals surface area (Å²) in [7, 11) is 0. The van der Waals surface area contributed by atoms with Gasteiger partial charge in [-0.2, -0.15) is 9.97 Å². The van der Waals surface area contributed by atoms with Gasteiger partial charge in [0.15, 0.2) is 5.82 Å². The fourth-order valence-corrected chi connectivity index (χ4v) is 1.91. The third kappa shape index (κ3) is 3.12. The van der Waals surface area contributed by atoms with E-state index in [-0.39, 0.29) is 11.9 Å². The first-order valence-corrected chi connectivity index (χ1v) is 6.73. The predicted octanol–water partition coefficient (Wildman–Crippen LogP) is 2.49. The number of benzene rings is 1. The Hall–Kier alpha value is -3.15. The number of carbonyl (C=O) groups is 1. The summed E-state index contributed by atoms with van der Waals surface area (Å²) in [5.74, 6) is 0.885. The number of nitrogens with one attached hydrogen (secondary N) is 1. The number of rotatable bonds is 3. The number of aryl methyl sites for hydroxylation is 1. The first-order valence-electron chi connectivity index (χ1n) is 6.73. The standard InChI is InChI=1S/C16H13N5O/c1-11-18-14(13-9-5-6-10-17-13)20-16(19-11)21-15(22)12-7-3-2-4-8-12/h2-10H,1H3,(H,18,19,20,21,22). The van der Waals surface area contributed by atoms with Crippen molar-refractivity contribution in [3.05, 3.63) is 66.1 Å². The molecule has 108 valence electrons. The number of amides is 1. The molecule has 2 heterocycles. The number of pyridine rings is 1. The van der Waals surface area contributed by atoms with Gasteiger partial charge in [0.25, 0.3) is 5.91 Å². The Morgan fingerprint density at radius 2 is 1.73 bits per heavy atom. The summed E-state index contributed by atoms with van der Waals surface area (Å²) >= 11 is 0. The lowest BCUT2D eigenvalue weighted by Gasteiger charge is -2.06. The maximum Gasteiger partial charge on any atom is 0.258 e. The van der Waals surface area contributed by atoms with Crippen LogP contribution >= 0.6 is 0 Å². The Balaban J connectivity index is 1.89. The molecule has 3 aromatic rings. The van der Waals surface area contributed by atoms with E-state index in [9.17, 15) is 4.79 Å². The lowest BCUT2D eigenvalue weighted by atomic mass is 10.2. The Bertz CT molecular complexity index is 790. The molecule has 0 atom stereocenters. The fourth-order valence-electron chi connectivity index (χ4n) is 1.91. The van der Waals surface area contributed by atoms with Gasteiger partial charge in [0, 0.05) is 11.8 Å². The second-order valence-corrected chi connectivity index (χ2v) is 4.56. The molecule has 0 aliphatic rings. The maximum absolute atomic E-state index is 12.1. The van der Waals surface area contributed by atoms with E-state index in [2.05, 4.69) is 25.3 Å². The molecule has 3 rings (SSSR count). The first kappa shape index (κ1) is 13.8. The zero-order chi connectivity index (χ0) is 15.4. The van der Waals surface area contributed by atoms with Crippen LogP contribution in [0.1, 0.15) is 16.2 Å². The Labute approximate surface area is 127 Å². The number of nitrogens with zero attached hydrogens (tertiary/aromatic N) is 4. The fraction of sp³-hybridized carbons (Fsp3) is 0.0625. The topological polar surface area (TPSA) is 80.7 Å². The molecule has 0 unspecified atom stereocenters. The van der Waals surface area contributed by atoms with Gasteiger partial charge in [0.2, 0.25) is 5.95 Å². The third-order valence-electron chi connectivity index (χ3n) is 2.90. The minimum absolute atomic E-state index is 0.210. The number of anilines is 1. The summed E-state index contributed by atoms with van der Waals surface area (Å²) < 4.78 is 0. The highest BCUT2D eigenvalue weighted by Crippen LogP contribution is 2.13. The second kappa shape index (κ2) is 6.09. The van der Waals surface area contributed by atoms with Crippen LogP contribution < -0.4 is 5.32 Å². The van der Waals surface area contributed by atoms with Crippen LogP contribution in [0, 0.1) is 6.92 Å². The van der Waals surface area contributed by atoms with Crippen LogP contribution in [-0.4, -0.2) is 25.8 Å². The molecular weight excluding hydrogens is 278 g/mol. The molecule has 6 heteroatoms. The molecule has 1 amide bonds. The lowest BCUT2D eigenvalue weighted by Crippen LogP contribution is -2.15. The van der Waals surface area contributed by atoms with Crippen molar-refractivity contribution >= 4 is 11.9 Å². The van der Waals surface area contributed by atoms with E-state index in [4.69, 9.17) is 0 Å². The van der Waals surface area contributed by atoms with Crippen LogP contribution in [0.4, 0.5) is 5.95 Å². The molecule has 0 bridgehead atoms. The molecule has 22 heavy (non-hydrogen) atoms. The first-order chi connectivity index (χ1) is 10.7. The molecule has 0 spiro atoms. The number of hydrogen-bond donors (Lipinski definition) is 1. The summed E-state index contributed by atoms with van der Waals surface area (Å²) in [5.41, 5.74) is 1.17. The SMILES string of the molecule is Cc1nc(NC(=O)c2ccccc2)nc(-c2ccccn2)n1. The molecule has 1 N–H and O–H groups in total. The van der Waals surface area contributed by atoms with Gasteiger partial charge in [-0.3, -0.25) is 15.1 Å². The van der Waals surface area contributed by atoms with Gasteiger partial charge in [-0.05, 0) is 31.2 Å². The summed E-state index contributed by atoms with van der Waals surface area (Å²) in [5, 5.41) is 2.68. The smallest absolute Gasteiger partial charge is 0.258 e. The maximum atomic E-state index is 12.1. The Morgan fingerprint density at radius 1 is 0.955 bits per heavy atom. The average Bonchev–Trinajstić information content (AvgIpc) is 2.56. The van der Waals surface area contributed by atoms with Gasteiger partial charge in [0.1, 0.15) is 11.5 Å². The Kier molecular flexibility index (Phi) is 3.82. The van der Waals surface area contributed by atoms with Crippen molar-refractivity contribution in [2.75, 3.05) is 5.32 Å². The van der Waals surface area contributed by atoms with E-state index >= 15 is 0 Å². The van der Waals surface area contributed by atoms with Crippen LogP contribution in [0.25, 0.3) is 11.5 Å². The van der Waals surface area contributed by atoms with Crippen molar-refractivity contribution in [3.8, 4) is 11.5 Å². The number of hydrogen-bond acceptors (Lipinski definition) is 5. The van der Waals surface area contributed by atoms with Gasteiger partial charge in [0.05, 0.1) is 0 Å². The van der Waals surface area contributed by atoms with Crippen LogP contribution in [0.2, 0.25) is 0 Å². The van der Waals surface area contributed by atoms with Crippen molar-refractivity contribution in [2.24, 2.45) is 0 Å². The molecule has 0 saturated heterocycles. The van der Waals surface area contributed by atoms with Crippen LogP contribution in [0.3, 0.4) is 0 Å². The predicted molar refractivity (Wildman–Crippen MR) is 82.2 cm³/mol. The highest BCUT2D eigenvalue weighted by Gasteiger charge is 2.11. The van der Waals surface area contributed by atoms with Crippen molar-refractivity contribution in [1.29, 1.82) is 0 Å². The summed E-state index contributed by atoms with van der Waals surface area (Å²) in [6, 6.07) is 14.4. The van der Waals surface area contributed by atoms with Crippen molar-refractivity contribution in [2.45, 2.75) is 6.92 Å². The lowest BCUT2D eigenvalue weighted by molar-refractivity contribution is 0.102. The van der Waals surface area contributed by atoms with Crippen molar-refractivity contribution in [1.82, 2.24) is 19.9 Å². The van der Waals surface area contributed by atoms with Gasteiger partial charge < -0.3 is 0 Å². The van der Waals surface area contributed by atoms with E-state index < -0.39 is 0 Å². The second-order valence-electron chi connectivity index (χ2n) is 4.56. The van der Waals surface area contributed by atoms with Crippen LogP contribution in [0.15, 0.2) is 54.7 Å². The normalized spacial score (nSPS) is 10.2. The van der Waals surface area contributed by atoms with Gasteiger partial charge >= 0.3 is 0 Å². The van der Waals surface area contributed by atoms with Crippen LogP contribution in [-0.2, 0) is 0 Å². The number of aromatic nitrogens is 4. The third-order valence-corrected chi connectivity index (χ3v) is 2.90. The molecule has 0 radical (unpaired) electrons. The van der Waals surface area contributed by atoms with E-state index in [1.54, 1.807) is 43.5 Å². The van der Waals surface area contributed by atoms with Gasteiger partial charge in [-0.15, -0.1) is 0 Å². The average molecular weight is 291 g/mol. The quantitative estimate of drug-likeness (QED) is 0.802.